The minimum absolute atomic E-state index is 0.00574. The summed E-state index contributed by atoms with van der Waals surface area (Å²) in [4.78, 5) is 4.13. The minimum Gasteiger partial charge on any atom is -0.308 e. The van der Waals surface area contributed by atoms with Gasteiger partial charge in [0.2, 0.25) is 10.0 Å². The Hall–Kier alpha value is -1.18. The van der Waals surface area contributed by atoms with Crippen LogP contribution in [0.5, 0.6) is 0 Å². The number of aromatic nitrogens is 1. The molecule has 1 aliphatic carbocycles. The lowest BCUT2D eigenvalue weighted by Gasteiger charge is -2.34. The standard InChI is InChI=1S/C14H24N4O2S/c1-10(2)12-5-3-4-6-13(12)18-21(19,20)11-7-8-16-14(9-11)17-15/h7-10,12-13,18H,3-6,15H2,1-2H3,(H,16,17). The Morgan fingerprint density at radius 2 is 2.05 bits per heavy atom. The Labute approximate surface area is 126 Å². The average molecular weight is 312 g/mol. The van der Waals surface area contributed by atoms with Crippen LogP contribution in [0.1, 0.15) is 39.5 Å². The van der Waals surface area contributed by atoms with E-state index >= 15 is 0 Å². The summed E-state index contributed by atoms with van der Waals surface area (Å²) in [5.41, 5.74) is 2.37. The van der Waals surface area contributed by atoms with E-state index in [9.17, 15) is 8.42 Å². The van der Waals surface area contributed by atoms with Crippen molar-refractivity contribution in [3.63, 3.8) is 0 Å². The molecule has 1 fully saturated rings. The van der Waals surface area contributed by atoms with E-state index in [0.717, 1.165) is 19.3 Å². The van der Waals surface area contributed by atoms with Crippen molar-refractivity contribution in [3.8, 4) is 0 Å². The Bertz CT molecular complexity index is 574. The van der Waals surface area contributed by atoms with Gasteiger partial charge in [0, 0.05) is 18.3 Å². The first-order valence-corrected chi connectivity index (χ1v) is 8.87. The number of rotatable bonds is 5. The van der Waals surface area contributed by atoms with Crippen molar-refractivity contribution >= 4 is 15.8 Å². The summed E-state index contributed by atoms with van der Waals surface area (Å²) in [7, 11) is -3.54. The van der Waals surface area contributed by atoms with Gasteiger partial charge >= 0.3 is 0 Å². The first kappa shape index (κ1) is 16.2. The molecule has 21 heavy (non-hydrogen) atoms. The number of anilines is 1. The lowest BCUT2D eigenvalue weighted by Crippen LogP contribution is -2.43. The van der Waals surface area contributed by atoms with Gasteiger partial charge in [0.25, 0.3) is 0 Å². The molecule has 0 radical (unpaired) electrons. The largest absolute Gasteiger partial charge is 0.308 e. The van der Waals surface area contributed by atoms with Gasteiger partial charge in [-0.2, -0.15) is 0 Å². The molecule has 7 heteroatoms. The fourth-order valence-corrected chi connectivity index (χ4v) is 4.36. The molecule has 1 aliphatic rings. The van der Waals surface area contributed by atoms with Gasteiger partial charge < -0.3 is 5.43 Å². The molecule has 0 aromatic carbocycles. The molecule has 0 saturated heterocycles. The van der Waals surface area contributed by atoms with Gasteiger partial charge in [-0.05, 0) is 30.7 Å². The lowest BCUT2D eigenvalue weighted by molar-refractivity contribution is 0.226. The molecule has 1 heterocycles. The van der Waals surface area contributed by atoms with Crippen LogP contribution in [0.4, 0.5) is 5.82 Å². The third kappa shape index (κ3) is 3.93. The Kier molecular flexibility index (Phi) is 5.18. The fraction of sp³-hybridized carbons (Fsp3) is 0.643. The summed E-state index contributed by atoms with van der Waals surface area (Å²) in [5.74, 6) is 6.48. The molecule has 1 aromatic heterocycles. The quantitative estimate of drug-likeness (QED) is 0.569. The highest BCUT2D eigenvalue weighted by Crippen LogP contribution is 2.31. The van der Waals surface area contributed by atoms with Crippen LogP contribution in [-0.4, -0.2) is 19.4 Å². The molecule has 2 atom stereocenters. The van der Waals surface area contributed by atoms with Crippen molar-refractivity contribution < 1.29 is 8.42 Å². The summed E-state index contributed by atoms with van der Waals surface area (Å²) >= 11 is 0. The fourth-order valence-electron chi connectivity index (χ4n) is 3.03. The van der Waals surface area contributed by atoms with Crippen molar-refractivity contribution in [2.24, 2.45) is 17.7 Å². The van der Waals surface area contributed by atoms with Gasteiger partial charge in [0.1, 0.15) is 5.82 Å². The third-order valence-corrected chi connectivity index (χ3v) is 5.66. The predicted octanol–water partition coefficient (Wildman–Crippen LogP) is 1.86. The number of hydrogen-bond acceptors (Lipinski definition) is 5. The molecule has 1 saturated carbocycles. The average Bonchev–Trinajstić information content (AvgIpc) is 2.47. The number of nitrogens with zero attached hydrogens (tertiary/aromatic N) is 1. The van der Waals surface area contributed by atoms with E-state index < -0.39 is 10.0 Å². The molecule has 0 aliphatic heterocycles. The molecule has 1 aromatic rings. The molecular weight excluding hydrogens is 288 g/mol. The first-order chi connectivity index (χ1) is 9.94. The van der Waals surface area contributed by atoms with Gasteiger partial charge in [0.15, 0.2) is 0 Å². The molecule has 118 valence electrons. The highest BCUT2D eigenvalue weighted by atomic mass is 32.2. The SMILES string of the molecule is CC(C)C1CCCCC1NS(=O)(=O)c1ccnc(NN)c1. The number of hydrazine groups is 1. The molecule has 4 N–H and O–H groups in total. The Morgan fingerprint density at radius 1 is 1.33 bits per heavy atom. The van der Waals surface area contributed by atoms with Crippen LogP contribution in [0.3, 0.4) is 0 Å². The van der Waals surface area contributed by atoms with Crippen LogP contribution >= 0.6 is 0 Å². The zero-order valence-electron chi connectivity index (χ0n) is 12.5. The van der Waals surface area contributed by atoms with Crippen LogP contribution in [-0.2, 0) is 10.0 Å². The van der Waals surface area contributed by atoms with Gasteiger partial charge in [-0.3, -0.25) is 0 Å². The van der Waals surface area contributed by atoms with Crippen molar-refractivity contribution in [1.29, 1.82) is 0 Å². The van der Waals surface area contributed by atoms with E-state index in [2.05, 4.69) is 29.0 Å². The van der Waals surface area contributed by atoms with E-state index in [1.54, 1.807) is 0 Å². The van der Waals surface area contributed by atoms with E-state index in [0.29, 0.717) is 17.7 Å². The van der Waals surface area contributed by atoms with E-state index in [1.165, 1.54) is 24.8 Å². The summed E-state index contributed by atoms with van der Waals surface area (Å²) in [6.45, 7) is 4.31. The van der Waals surface area contributed by atoms with Gasteiger partial charge in [0.05, 0.1) is 4.90 Å². The predicted molar refractivity (Wildman–Crippen MR) is 83.0 cm³/mol. The number of sulfonamides is 1. The van der Waals surface area contributed by atoms with Crippen LogP contribution in [0.2, 0.25) is 0 Å². The van der Waals surface area contributed by atoms with Crippen molar-refractivity contribution in [2.45, 2.75) is 50.5 Å². The Morgan fingerprint density at radius 3 is 2.71 bits per heavy atom. The smallest absolute Gasteiger partial charge is 0.241 e. The molecule has 2 rings (SSSR count). The number of pyridine rings is 1. The summed E-state index contributed by atoms with van der Waals surface area (Å²) in [5, 5.41) is 0. The first-order valence-electron chi connectivity index (χ1n) is 7.39. The molecule has 6 nitrogen and oxygen atoms in total. The van der Waals surface area contributed by atoms with Gasteiger partial charge in [-0.15, -0.1) is 0 Å². The van der Waals surface area contributed by atoms with Gasteiger partial charge in [-0.1, -0.05) is 26.7 Å². The van der Waals surface area contributed by atoms with Crippen LogP contribution in [0.15, 0.2) is 23.2 Å². The number of nitrogens with one attached hydrogen (secondary N) is 2. The minimum atomic E-state index is -3.54. The molecule has 0 bridgehead atoms. The van der Waals surface area contributed by atoms with E-state index in [4.69, 9.17) is 5.84 Å². The topological polar surface area (TPSA) is 97.1 Å². The molecular formula is C14H24N4O2S. The summed E-state index contributed by atoms with van der Waals surface area (Å²) < 4.78 is 27.9. The lowest BCUT2D eigenvalue weighted by atomic mass is 9.78. The van der Waals surface area contributed by atoms with Crippen LogP contribution in [0.25, 0.3) is 0 Å². The van der Waals surface area contributed by atoms with Crippen LogP contribution in [0, 0.1) is 11.8 Å². The molecule has 0 amide bonds. The van der Waals surface area contributed by atoms with Crippen molar-refractivity contribution in [3.05, 3.63) is 18.3 Å². The molecule has 2 unspecified atom stereocenters. The summed E-state index contributed by atoms with van der Waals surface area (Å²) in [6, 6.07) is 2.93. The highest BCUT2D eigenvalue weighted by molar-refractivity contribution is 7.89. The third-order valence-electron chi connectivity index (χ3n) is 4.17. The van der Waals surface area contributed by atoms with Gasteiger partial charge in [-0.25, -0.2) is 24.0 Å². The zero-order valence-corrected chi connectivity index (χ0v) is 13.4. The number of hydrogen-bond donors (Lipinski definition) is 3. The summed E-state index contributed by atoms with van der Waals surface area (Å²) in [6.07, 6.45) is 5.66. The second-order valence-electron chi connectivity index (χ2n) is 5.94. The van der Waals surface area contributed by atoms with E-state index in [-0.39, 0.29) is 10.9 Å². The Balaban J connectivity index is 2.19. The maximum atomic E-state index is 12.5. The zero-order chi connectivity index (χ0) is 15.5. The molecule has 0 spiro atoms. The van der Waals surface area contributed by atoms with Crippen molar-refractivity contribution in [2.75, 3.05) is 5.43 Å². The maximum Gasteiger partial charge on any atom is 0.241 e. The second kappa shape index (κ2) is 6.72. The number of nitrogen functional groups attached to an aromatic ring is 1. The number of nitrogens with two attached hydrogens (primary N) is 1. The normalized spacial score (nSPS) is 23.2. The monoisotopic (exact) mass is 312 g/mol. The highest BCUT2D eigenvalue weighted by Gasteiger charge is 2.31. The van der Waals surface area contributed by atoms with Crippen molar-refractivity contribution in [1.82, 2.24) is 9.71 Å². The van der Waals surface area contributed by atoms with Crippen LogP contribution < -0.4 is 16.0 Å². The van der Waals surface area contributed by atoms with E-state index in [1.807, 2.05) is 0 Å². The second-order valence-corrected chi connectivity index (χ2v) is 7.66. The maximum absolute atomic E-state index is 12.5.